The number of carbonyl (C=O) groups excluding carboxylic acids is 1. The van der Waals surface area contributed by atoms with Gasteiger partial charge in [-0.15, -0.1) is 10.2 Å². The van der Waals surface area contributed by atoms with E-state index in [1.54, 1.807) is 18.1 Å². The molecule has 2 unspecified atom stereocenters. The minimum atomic E-state index is -0.795. The van der Waals surface area contributed by atoms with Crippen molar-refractivity contribution in [2.45, 2.75) is 43.3 Å². The summed E-state index contributed by atoms with van der Waals surface area (Å²) >= 11 is 1.65. The van der Waals surface area contributed by atoms with E-state index in [-0.39, 0.29) is 11.9 Å². The monoisotopic (exact) mass is 298 g/mol. The molecule has 0 bridgehead atoms. The van der Waals surface area contributed by atoms with Gasteiger partial charge in [0.2, 0.25) is 0 Å². The number of nitrogens with zero attached hydrogens (tertiary/aromatic N) is 3. The lowest BCUT2D eigenvalue weighted by atomic mass is 9.86. The zero-order valence-electron chi connectivity index (χ0n) is 12.0. The molecule has 7 heteroatoms. The van der Waals surface area contributed by atoms with Crippen molar-refractivity contribution in [3.63, 3.8) is 0 Å². The van der Waals surface area contributed by atoms with Gasteiger partial charge in [0, 0.05) is 12.8 Å². The highest BCUT2D eigenvalue weighted by molar-refractivity contribution is 7.99. The Morgan fingerprint density at radius 1 is 1.70 bits per heavy atom. The summed E-state index contributed by atoms with van der Waals surface area (Å²) in [5.41, 5.74) is 5.51. The highest BCUT2D eigenvalue weighted by Crippen LogP contribution is 2.38. The van der Waals surface area contributed by atoms with E-state index < -0.39 is 5.54 Å². The van der Waals surface area contributed by atoms with Crippen LogP contribution in [-0.2, 0) is 16.6 Å². The number of hydrogen-bond acceptors (Lipinski definition) is 6. The first-order valence-electron chi connectivity index (χ1n) is 7.01. The first kappa shape index (κ1) is 15.3. The molecular weight excluding hydrogens is 276 g/mol. The summed E-state index contributed by atoms with van der Waals surface area (Å²) in [5, 5.41) is 8.77. The summed E-state index contributed by atoms with van der Waals surface area (Å²) in [7, 11) is 1.92. The number of aromatic nitrogens is 3. The Morgan fingerprint density at radius 3 is 3.15 bits per heavy atom. The maximum atomic E-state index is 12.0. The van der Waals surface area contributed by atoms with Gasteiger partial charge in [-0.05, 0) is 32.1 Å². The predicted octanol–water partition coefficient (Wildman–Crippen LogP) is 1.36. The standard InChI is InChI=1S/C13H22N4O2S/c1-3-19-11(18)13(14)7-4-5-10(13)6-8-20-12-16-15-9-17(12)2/h9-10H,3-8,14H2,1-2H3. The van der Waals surface area contributed by atoms with Crippen molar-refractivity contribution in [3.05, 3.63) is 6.33 Å². The van der Waals surface area contributed by atoms with Gasteiger partial charge in [-0.25, -0.2) is 0 Å². The molecule has 1 saturated carbocycles. The zero-order chi connectivity index (χ0) is 14.6. The second kappa shape index (κ2) is 6.58. The van der Waals surface area contributed by atoms with Gasteiger partial charge < -0.3 is 15.0 Å². The summed E-state index contributed by atoms with van der Waals surface area (Å²) in [6.45, 7) is 2.20. The van der Waals surface area contributed by atoms with Crippen LogP contribution in [0.15, 0.2) is 11.5 Å². The average molecular weight is 298 g/mol. The second-order valence-corrected chi connectivity index (χ2v) is 6.27. The largest absolute Gasteiger partial charge is 0.465 e. The van der Waals surface area contributed by atoms with Gasteiger partial charge in [0.05, 0.1) is 6.61 Å². The van der Waals surface area contributed by atoms with E-state index >= 15 is 0 Å². The number of rotatable bonds is 6. The number of esters is 1. The average Bonchev–Trinajstić information content (AvgIpc) is 2.98. The maximum Gasteiger partial charge on any atom is 0.326 e. The van der Waals surface area contributed by atoms with E-state index in [1.165, 1.54) is 0 Å². The lowest BCUT2D eigenvalue weighted by Crippen LogP contribution is -2.52. The van der Waals surface area contributed by atoms with Crippen LogP contribution in [0.3, 0.4) is 0 Å². The Morgan fingerprint density at radius 2 is 2.50 bits per heavy atom. The molecule has 0 aliphatic heterocycles. The van der Waals surface area contributed by atoms with Gasteiger partial charge in [-0.3, -0.25) is 4.79 Å². The lowest BCUT2D eigenvalue weighted by Gasteiger charge is -2.28. The molecule has 1 fully saturated rings. The summed E-state index contributed by atoms with van der Waals surface area (Å²) in [5.74, 6) is 0.837. The second-order valence-electron chi connectivity index (χ2n) is 5.21. The van der Waals surface area contributed by atoms with Gasteiger partial charge in [0.25, 0.3) is 0 Å². The molecule has 1 aromatic heterocycles. The minimum absolute atomic E-state index is 0.197. The van der Waals surface area contributed by atoms with E-state index in [0.717, 1.165) is 36.6 Å². The van der Waals surface area contributed by atoms with Crippen LogP contribution in [0.2, 0.25) is 0 Å². The van der Waals surface area contributed by atoms with Crippen LogP contribution in [0.25, 0.3) is 0 Å². The van der Waals surface area contributed by atoms with Crippen LogP contribution in [0.1, 0.15) is 32.6 Å². The van der Waals surface area contributed by atoms with E-state index in [1.807, 2.05) is 18.5 Å². The van der Waals surface area contributed by atoms with E-state index in [2.05, 4.69) is 10.2 Å². The fourth-order valence-corrected chi connectivity index (χ4v) is 3.68. The molecule has 2 atom stereocenters. The van der Waals surface area contributed by atoms with Crippen molar-refractivity contribution in [2.75, 3.05) is 12.4 Å². The molecular formula is C13H22N4O2S. The summed E-state index contributed by atoms with van der Waals surface area (Å²) < 4.78 is 7.02. The first-order valence-corrected chi connectivity index (χ1v) is 7.99. The third kappa shape index (κ3) is 3.15. The Balaban J connectivity index is 1.88. The maximum absolute atomic E-state index is 12.0. The molecule has 0 spiro atoms. The molecule has 1 aliphatic rings. The zero-order valence-corrected chi connectivity index (χ0v) is 12.9. The number of carbonyl (C=O) groups is 1. The molecule has 0 amide bonds. The molecule has 0 radical (unpaired) electrons. The molecule has 1 aromatic rings. The molecule has 112 valence electrons. The summed E-state index contributed by atoms with van der Waals surface area (Å²) in [4.78, 5) is 12.0. The van der Waals surface area contributed by atoms with Crippen molar-refractivity contribution >= 4 is 17.7 Å². The van der Waals surface area contributed by atoms with E-state index in [4.69, 9.17) is 10.5 Å². The van der Waals surface area contributed by atoms with Crippen LogP contribution in [0.4, 0.5) is 0 Å². The highest BCUT2D eigenvalue weighted by atomic mass is 32.2. The van der Waals surface area contributed by atoms with Gasteiger partial charge in [-0.1, -0.05) is 18.2 Å². The van der Waals surface area contributed by atoms with Crippen molar-refractivity contribution < 1.29 is 9.53 Å². The fourth-order valence-electron chi connectivity index (χ4n) is 2.73. The molecule has 2 N–H and O–H groups in total. The number of aryl methyl sites for hydroxylation is 1. The van der Waals surface area contributed by atoms with Crippen molar-refractivity contribution in [2.24, 2.45) is 18.7 Å². The first-order chi connectivity index (χ1) is 9.58. The van der Waals surface area contributed by atoms with E-state index in [9.17, 15) is 4.79 Å². The molecule has 2 rings (SSSR count). The van der Waals surface area contributed by atoms with E-state index in [0.29, 0.717) is 6.61 Å². The van der Waals surface area contributed by atoms with Crippen LogP contribution in [0, 0.1) is 5.92 Å². The van der Waals surface area contributed by atoms with Crippen LogP contribution in [-0.4, -0.2) is 38.6 Å². The van der Waals surface area contributed by atoms with Crippen LogP contribution < -0.4 is 5.73 Å². The number of nitrogens with two attached hydrogens (primary N) is 1. The highest BCUT2D eigenvalue weighted by Gasteiger charge is 2.46. The summed E-state index contributed by atoms with van der Waals surface area (Å²) in [6.07, 6.45) is 5.30. The smallest absolute Gasteiger partial charge is 0.326 e. The Kier molecular flexibility index (Phi) is 5.04. The summed E-state index contributed by atoms with van der Waals surface area (Å²) in [6, 6.07) is 0. The van der Waals surface area contributed by atoms with Gasteiger partial charge in [0.1, 0.15) is 11.9 Å². The number of hydrogen-bond donors (Lipinski definition) is 1. The molecule has 6 nitrogen and oxygen atoms in total. The SMILES string of the molecule is CCOC(=O)C1(N)CCCC1CCSc1nncn1C. The number of ether oxygens (including phenoxy) is 1. The number of thioether (sulfide) groups is 1. The topological polar surface area (TPSA) is 83.0 Å². The van der Waals surface area contributed by atoms with Crippen molar-refractivity contribution in [1.82, 2.24) is 14.8 Å². The van der Waals surface area contributed by atoms with Gasteiger partial charge >= 0.3 is 5.97 Å². The Bertz CT molecular complexity index is 465. The molecule has 1 heterocycles. The molecule has 1 aliphatic carbocycles. The minimum Gasteiger partial charge on any atom is -0.465 e. The fraction of sp³-hybridized carbons (Fsp3) is 0.769. The Hall–Kier alpha value is -1.08. The molecule has 0 saturated heterocycles. The predicted molar refractivity (Wildman–Crippen MR) is 77.2 cm³/mol. The van der Waals surface area contributed by atoms with Crippen LogP contribution in [0.5, 0.6) is 0 Å². The third-order valence-electron chi connectivity index (χ3n) is 3.89. The van der Waals surface area contributed by atoms with Gasteiger partial charge in [0.15, 0.2) is 5.16 Å². The lowest BCUT2D eigenvalue weighted by molar-refractivity contribution is -0.151. The normalized spacial score (nSPS) is 25.9. The molecule has 20 heavy (non-hydrogen) atoms. The molecule has 0 aromatic carbocycles. The Labute approximate surface area is 123 Å². The van der Waals surface area contributed by atoms with Crippen molar-refractivity contribution in [3.8, 4) is 0 Å². The van der Waals surface area contributed by atoms with Crippen LogP contribution >= 0.6 is 11.8 Å². The third-order valence-corrected chi connectivity index (χ3v) is 4.96. The van der Waals surface area contributed by atoms with Gasteiger partial charge in [-0.2, -0.15) is 0 Å². The van der Waals surface area contributed by atoms with Crippen molar-refractivity contribution in [1.29, 1.82) is 0 Å². The quantitative estimate of drug-likeness (QED) is 0.630.